The van der Waals surface area contributed by atoms with Gasteiger partial charge in [-0.3, -0.25) is 14.5 Å². The van der Waals surface area contributed by atoms with E-state index >= 15 is 0 Å². The van der Waals surface area contributed by atoms with E-state index in [1.807, 2.05) is 0 Å². The number of nitrogens with one attached hydrogen (secondary N) is 1. The number of carbonyl (C=O) groups is 2. The van der Waals surface area contributed by atoms with Gasteiger partial charge >= 0.3 is 0 Å². The molecule has 0 spiro atoms. The number of ether oxygens (including phenoxy) is 1. The second-order valence-corrected chi connectivity index (χ2v) is 11.9. The van der Waals surface area contributed by atoms with Gasteiger partial charge in [0.2, 0.25) is 0 Å². The van der Waals surface area contributed by atoms with Crippen molar-refractivity contribution in [2.75, 3.05) is 16.8 Å². The lowest BCUT2D eigenvalue weighted by molar-refractivity contribution is -0.118. The molecule has 4 aromatic carbocycles. The highest BCUT2D eigenvalue weighted by Crippen LogP contribution is 2.38. The minimum atomic E-state index is -0.404. The van der Waals surface area contributed by atoms with Crippen LogP contribution in [0.3, 0.4) is 0 Å². The van der Waals surface area contributed by atoms with Crippen molar-refractivity contribution in [2.24, 2.45) is 4.99 Å². The summed E-state index contributed by atoms with van der Waals surface area (Å²) in [6.07, 6.45) is 1.72. The Morgan fingerprint density at radius 1 is 0.833 bits per heavy atom. The topological polar surface area (TPSA) is 71.0 Å². The maximum absolute atomic E-state index is 13.6. The van der Waals surface area contributed by atoms with Gasteiger partial charge in [-0.05, 0) is 102 Å². The number of amides is 2. The molecule has 1 aliphatic rings. The first-order valence-electron chi connectivity index (χ1n) is 12.2. The van der Waals surface area contributed by atoms with E-state index in [2.05, 4.69) is 10.3 Å². The molecule has 6 nitrogen and oxygen atoms in total. The first kappa shape index (κ1) is 30.3. The van der Waals surface area contributed by atoms with E-state index in [0.29, 0.717) is 58.5 Å². The molecule has 1 fully saturated rings. The van der Waals surface area contributed by atoms with Crippen LogP contribution in [0.25, 0.3) is 6.08 Å². The fourth-order valence-corrected chi connectivity index (χ4v) is 5.58. The first-order valence-corrected chi connectivity index (χ1v) is 14.9. The Kier molecular flexibility index (Phi) is 9.68. The van der Waals surface area contributed by atoms with Gasteiger partial charge in [-0.15, -0.1) is 0 Å². The van der Waals surface area contributed by atoms with Crippen LogP contribution in [0.4, 0.5) is 17.1 Å². The fourth-order valence-electron chi connectivity index (χ4n) is 3.78. The van der Waals surface area contributed by atoms with Crippen LogP contribution in [0.1, 0.15) is 5.56 Å². The zero-order chi connectivity index (χ0) is 29.8. The van der Waals surface area contributed by atoms with Crippen LogP contribution >= 0.6 is 69.8 Å². The zero-order valence-corrected chi connectivity index (χ0v) is 25.9. The monoisotopic (exact) mass is 675 g/mol. The number of anilines is 2. The van der Waals surface area contributed by atoms with Crippen LogP contribution < -0.4 is 15.0 Å². The number of amidine groups is 1. The molecule has 5 rings (SSSR count). The quantitative estimate of drug-likeness (QED) is 0.198. The maximum atomic E-state index is 13.6. The number of hydrogen-bond donors (Lipinski definition) is 1. The van der Waals surface area contributed by atoms with Crippen LogP contribution in [0.15, 0.2) is 94.8 Å². The molecular formula is C30H18Cl5N3O3S. The number of carbonyl (C=O) groups excluding carboxylic acids is 2. The Labute approximate surface area is 270 Å². The van der Waals surface area contributed by atoms with Crippen molar-refractivity contribution < 1.29 is 14.3 Å². The molecule has 2 amide bonds. The molecule has 0 atom stereocenters. The summed E-state index contributed by atoms with van der Waals surface area (Å²) in [5.41, 5.74) is 2.40. The van der Waals surface area contributed by atoms with Crippen molar-refractivity contribution in [3.8, 4) is 5.75 Å². The summed E-state index contributed by atoms with van der Waals surface area (Å²) in [5.74, 6) is -0.356. The largest absolute Gasteiger partial charge is 0.482 e. The average molecular weight is 678 g/mol. The van der Waals surface area contributed by atoms with Gasteiger partial charge in [-0.25, -0.2) is 4.99 Å². The summed E-state index contributed by atoms with van der Waals surface area (Å²) < 4.78 is 5.60. The van der Waals surface area contributed by atoms with Crippen LogP contribution in [0, 0.1) is 0 Å². The number of rotatable bonds is 7. The molecule has 0 radical (unpaired) electrons. The van der Waals surface area contributed by atoms with Gasteiger partial charge < -0.3 is 10.1 Å². The van der Waals surface area contributed by atoms with Gasteiger partial charge in [-0.2, -0.15) is 0 Å². The lowest BCUT2D eigenvalue weighted by atomic mass is 10.2. The third-order valence-corrected chi connectivity index (χ3v) is 8.27. The van der Waals surface area contributed by atoms with E-state index in [0.717, 1.165) is 0 Å². The summed E-state index contributed by atoms with van der Waals surface area (Å²) >= 11 is 31.7. The fraction of sp³-hybridized carbons (Fsp3) is 0.0333. The van der Waals surface area contributed by atoms with Crippen LogP contribution in [-0.2, 0) is 9.59 Å². The highest BCUT2D eigenvalue weighted by Gasteiger charge is 2.34. The van der Waals surface area contributed by atoms with Crippen LogP contribution in [0.5, 0.6) is 5.75 Å². The number of nitrogens with zero attached hydrogens (tertiary/aromatic N) is 2. The standard InChI is InChI=1S/C30H18Cl5N3O3S/c31-18-2-6-20(7-3-18)37-30-38(22-9-4-19(32)5-10-22)29(40)27(42-30)14-17-1-12-26(25(35)13-17)41-16-28(39)36-21-8-11-23(33)24(34)15-21/h1-15H,16H2,(H,36,39)/b27-14+,37-30?. The lowest BCUT2D eigenvalue weighted by Gasteiger charge is -2.15. The van der Waals surface area contributed by atoms with Crippen molar-refractivity contribution >= 4 is 110 Å². The summed E-state index contributed by atoms with van der Waals surface area (Å²) in [6, 6.07) is 23.7. The number of aliphatic imine (C=N–C) groups is 1. The van der Waals surface area contributed by atoms with Crippen LogP contribution in [0.2, 0.25) is 25.1 Å². The lowest BCUT2D eigenvalue weighted by Crippen LogP contribution is -2.28. The SMILES string of the molecule is O=C(COc1ccc(/C=C2/SC(=Nc3ccc(Cl)cc3)N(c3ccc(Cl)cc3)C2=O)cc1Cl)Nc1ccc(Cl)c(Cl)c1. The Bertz CT molecular complexity index is 1730. The third-order valence-electron chi connectivity index (χ3n) is 5.76. The molecule has 1 aliphatic heterocycles. The molecule has 0 bridgehead atoms. The molecular weight excluding hydrogens is 660 g/mol. The molecule has 42 heavy (non-hydrogen) atoms. The first-order chi connectivity index (χ1) is 20.2. The average Bonchev–Trinajstić information content (AvgIpc) is 3.26. The third kappa shape index (κ3) is 7.42. The number of benzene rings is 4. The van der Waals surface area contributed by atoms with Gasteiger partial charge in [0.15, 0.2) is 11.8 Å². The van der Waals surface area contributed by atoms with E-state index in [-0.39, 0.29) is 17.5 Å². The molecule has 0 saturated carbocycles. The molecule has 0 aromatic heterocycles. The summed E-state index contributed by atoms with van der Waals surface area (Å²) in [5, 5.41) is 5.25. The van der Waals surface area contributed by atoms with Gasteiger partial charge in [-0.1, -0.05) is 64.1 Å². The number of thioether (sulfide) groups is 1. The van der Waals surface area contributed by atoms with Crippen molar-refractivity contribution in [1.29, 1.82) is 0 Å². The van der Waals surface area contributed by atoms with Crippen molar-refractivity contribution in [2.45, 2.75) is 0 Å². The van der Waals surface area contributed by atoms with Crippen LogP contribution in [-0.4, -0.2) is 23.6 Å². The van der Waals surface area contributed by atoms with Gasteiger partial charge in [0.05, 0.1) is 31.3 Å². The molecule has 4 aromatic rings. The summed E-state index contributed by atoms with van der Waals surface area (Å²) in [4.78, 5) is 32.5. The molecule has 212 valence electrons. The minimum Gasteiger partial charge on any atom is -0.482 e. The van der Waals surface area contributed by atoms with Crippen molar-refractivity contribution in [1.82, 2.24) is 0 Å². The van der Waals surface area contributed by atoms with E-state index in [1.54, 1.807) is 91.0 Å². The Balaban J connectivity index is 1.33. The highest BCUT2D eigenvalue weighted by atomic mass is 35.5. The predicted molar refractivity (Wildman–Crippen MR) is 175 cm³/mol. The van der Waals surface area contributed by atoms with Gasteiger partial charge in [0, 0.05) is 15.7 Å². The predicted octanol–water partition coefficient (Wildman–Crippen LogP) is 9.78. The Hall–Kier alpha value is -3.17. The van der Waals surface area contributed by atoms with E-state index in [1.165, 1.54) is 16.7 Å². The summed E-state index contributed by atoms with van der Waals surface area (Å²) in [6.45, 7) is -0.282. The van der Waals surface area contributed by atoms with E-state index in [9.17, 15) is 9.59 Å². The second kappa shape index (κ2) is 13.4. The molecule has 1 saturated heterocycles. The molecule has 1 heterocycles. The number of halogens is 5. The second-order valence-electron chi connectivity index (χ2n) is 8.75. The molecule has 12 heteroatoms. The van der Waals surface area contributed by atoms with Gasteiger partial charge in [0.25, 0.3) is 11.8 Å². The summed E-state index contributed by atoms with van der Waals surface area (Å²) in [7, 11) is 0. The Morgan fingerprint density at radius 3 is 2.19 bits per heavy atom. The van der Waals surface area contributed by atoms with E-state index in [4.69, 9.17) is 62.7 Å². The molecule has 0 aliphatic carbocycles. The zero-order valence-electron chi connectivity index (χ0n) is 21.3. The maximum Gasteiger partial charge on any atom is 0.271 e. The van der Waals surface area contributed by atoms with Gasteiger partial charge in [0.1, 0.15) is 5.75 Å². The van der Waals surface area contributed by atoms with Crippen molar-refractivity contribution in [3.05, 3.63) is 121 Å². The van der Waals surface area contributed by atoms with Crippen molar-refractivity contribution in [3.63, 3.8) is 0 Å². The molecule has 0 unspecified atom stereocenters. The highest BCUT2D eigenvalue weighted by molar-refractivity contribution is 8.19. The normalized spacial score (nSPS) is 15.0. The van der Waals surface area contributed by atoms with E-state index < -0.39 is 5.91 Å². The Morgan fingerprint density at radius 2 is 1.52 bits per heavy atom. The smallest absolute Gasteiger partial charge is 0.271 e. The number of hydrogen-bond acceptors (Lipinski definition) is 5. The molecule has 1 N–H and O–H groups in total. The minimum absolute atomic E-state index is 0.259.